The van der Waals surface area contributed by atoms with Crippen LogP contribution in [0.15, 0.2) is 24.3 Å². The standard InChI is InChI=1S/C18H25NO4/c1-4-22-18(21)15-6-5-11-19(12-15)17(20)14(3)23-16-9-7-13(2)8-10-16/h7-10,14-15H,4-6,11-12H2,1-3H3/t14-,15+/m1/s1. The van der Waals surface area contributed by atoms with E-state index < -0.39 is 6.10 Å². The van der Waals surface area contributed by atoms with Crippen molar-refractivity contribution in [2.24, 2.45) is 5.92 Å². The van der Waals surface area contributed by atoms with Crippen molar-refractivity contribution in [1.29, 1.82) is 0 Å². The Labute approximate surface area is 137 Å². The zero-order valence-electron chi connectivity index (χ0n) is 14.1. The molecule has 23 heavy (non-hydrogen) atoms. The molecule has 1 aromatic rings. The second kappa shape index (κ2) is 7.99. The van der Waals surface area contributed by atoms with E-state index in [2.05, 4.69) is 0 Å². The summed E-state index contributed by atoms with van der Waals surface area (Å²) in [5.41, 5.74) is 1.14. The molecule has 0 unspecified atom stereocenters. The molecule has 1 fully saturated rings. The summed E-state index contributed by atoms with van der Waals surface area (Å²) in [6, 6.07) is 7.61. The number of likely N-dealkylation sites (tertiary alicyclic amines) is 1. The summed E-state index contributed by atoms with van der Waals surface area (Å²) in [6.07, 6.45) is 1.01. The molecule has 1 aliphatic rings. The quantitative estimate of drug-likeness (QED) is 0.783. The monoisotopic (exact) mass is 319 g/mol. The smallest absolute Gasteiger partial charge is 0.310 e. The zero-order valence-corrected chi connectivity index (χ0v) is 14.1. The zero-order chi connectivity index (χ0) is 16.8. The number of carbonyl (C=O) groups is 2. The number of carbonyl (C=O) groups excluding carboxylic acids is 2. The van der Waals surface area contributed by atoms with Crippen LogP contribution in [0.5, 0.6) is 5.75 Å². The van der Waals surface area contributed by atoms with Crippen LogP contribution in [0, 0.1) is 12.8 Å². The lowest BCUT2D eigenvalue weighted by molar-refractivity contribution is -0.152. The fourth-order valence-electron chi connectivity index (χ4n) is 2.76. The summed E-state index contributed by atoms with van der Waals surface area (Å²) < 4.78 is 10.8. The molecule has 0 N–H and O–H groups in total. The van der Waals surface area contributed by atoms with E-state index in [1.54, 1.807) is 18.7 Å². The highest BCUT2D eigenvalue weighted by atomic mass is 16.5. The summed E-state index contributed by atoms with van der Waals surface area (Å²) in [6.45, 7) is 6.99. The van der Waals surface area contributed by atoms with Gasteiger partial charge < -0.3 is 14.4 Å². The molecule has 2 rings (SSSR count). The molecule has 1 amide bonds. The van der Waals surface area contributed by atoms with E-state index in [0.29, 0.717) is 25.4 Å². The molecule has 1 aromatic carbocycles. The van der Waals surface area contributed by atoms with Crippen molar-refractivity contribution in [3.8, 4) is 5.75 Å². The Morgan fingerprint density at radius 2 is 2.00 bits per heavy atom. The number of aryl methyl sites for hydroxylation is 1. The fraction of sp³-hybridized carbons (Fsp3) is 0.556. The maximum Gasteiger partial charge on any atom is 0.310 e. The van der Waals surface area contributed by atoms with Crippen LogP contribution in [-0.2, 0) is 14.3 Å². The predicted octanol–water partition coefficient (Wildman–Crippen LogP) is 2.56. The minimum Gasteiger partial charge on any atom is -0.481 e. The molecule has 0 bridgehead atoms. The first-order valence-corrected chi connectivity index (χ1v) is 8.20. The van der Waals surface area contributed by atoms with E-state index in [-0.39, 0.29) is 17.8 Å². The van der Waals surface area contributed by atoms with Gasteiger partial charge in [0.15, 0.2) is 6.10 Å². The van der Waals surface area contributed by atoms with Gasteiger partial charge in [-0.25, -0.2) is 0 Å². The van der Waals surface area contributed by atoms with Crippen LogP contribution in [-0.4, -0.2) is 42.6 Å². The van der Waals surface area contributed by atoms with E-state index >= 15 is 0 Å². The minimum absolute atomic E-state index is 0.0837. The van der Waals surface area contributed by atoms with E-state index in [4.69, 9.17) is 9.47 Å². The number of rotatable bonds is 5. The molecular formula is C18H25NO4. The highest BCUT2D eigenvalue weighted by Crippen LogP contribution is 2.20. The van der Waals surface area contributed by atoms with Crippen molar-refractivity contribution in [2.75, 3.05) is 19.7 Å². The van der Waals surface area contributed by atoms with Gasteiger partial charge in [-0.2, -0.15) is 0 Å². The van der Waals surface area contributed by atoms with Crippen molar-refractivity contribution in [3.05, 3.63) is 29.8 Å². The van der Waals surface area contributed by atoms with Gasteiger partial charge in [0.2, 0.25) is 0 Å². The predicted molar refractivity (Wildman–Crippen MR) is 87.2 cm³/mol. The summed E-state index contributed by atoms with van der Waals surface area (Å²) >= 11 is 0. The number of ether oxygens (including phenoxy) is 2. The molecular weight excluding hydrogens is 294 g/mol. The van der Waals surface area contributed by atoms with E-state index in [1.165, 1.54) is 0 Å². The van der Waals surface area contributed by atoms with Gasteiger partial charge in [-0.3, -0.25) is 9.59 Å². The first-order chi connectivity index (χ1) is 11.0. The Morgan fingerprint density at radius 1 is 1.30 bits per heavy atom. The summed E-state index contributed by atoms with van der Waals surface area (Å²) in [5.74, 6) is 0.159. The van der Waals surface area contributed by atoms with E-state index in [9.17, 15) is 9.59 Å². The molecule has 0 saturated carbocycles. The number of esters is 1. The minimum atomic E-state index is -0.571. The molecule has 0 aliphatic carbocycles. The van der Waals surface area contributed by atoms with Gasteiger partial charge in [0.1, 0.15) is 5.75 Å². The van der Waals surface area contributed by atoms with E-state index in [1.807, 2.05) is 31.2 Å². The summed E-state index contributed by atoms with van der Waals surface area (Å²) in [5, 5.41) is 0. The maximum absolute atomic E-state index is 12.5. The number of hydrogen-bond acceptors (Lipinski definition) is 4. The number of benzene rings is 1. The average Bonchev–Trinajstić information content (AvgIpc) is 2.56. The lowest BCUT2D eigenvalue weighted by Crippen LogP contribution is -2.47. The Morgan fingerprint density at radius 3 is 2.65 bits per heavy atom. The molecule has 2 atom stereocenters. The Balaban J connectivity index is 1.93. The van der Waals surface area contributed by atoms with Gasteiger partial charge in [-0.05, 0) is 45.7 Å². The van der Waals surface area contributed by atoms with Crippen molar-refractivity contribution < 1.29 is 19.1 Å². The third kappa shape index (κ3) is 4.71. The third-order valence-corrected chi connectivity index (χ3v) is 4.03. The molecule has 1 heterocycles. The first kappa shape index (κ1) is 17.3. The largest absolute Gasteiger partial charge is 0.481 e. The molecule has 0 aromatic heterocycles. The first-order valence-electron chi connectivity index (χ1n) is 8.20. The van der Waals surface area contributed by atoms with Crippen LogP contribution in [0.3, 0.4) is 0 Å². The van der Waals surface area contributed by atoms with Crippen LogP contribution < -0.4 is 4.74 Å². The van der Waals surface area contributed by atoms with Crippen LogP contribution in [0.25, 0.3) is 0 Å². The van der Waals surface area contributed by atoms with Crippen LogP contribution >= 0.6 is 0 Å². The SMILES string of the molecule is CCOC(=O)[C@H]1CCCN(C(=O)[C@@H](C)Oc2ccc(C)cc2)C1. The maximum atomic E-state index is 12.5. The van der Waals surface area contributed by atoms with Gasteiger partial charge in [0.25, 0.3) is 5.91 Å². The normalized spacial score (nSPS) is 19.1. The fourth-order valence-corrected chi connectivity index (χ4v) is 2.76. The Hall–Kier alpha value is -2.04. The number of piperidine rings is 1. The van der Waals surface area contributed by atoms with Gasteiger partial charge in [0.05, 0.1) is 12.5 Å². The van der Waals surface area contributed by atoms with Crippen LogP contribution in [0.2, 0.25) is 0 Å². The second-order valence-electron chi connectivity index (χ2n) is 5.95. The van der Waals surface area contributed by atoms with Crippen LogP contribution in [0.4, 0.5) is 0 Å². The van der Waals surface area contributed by atoms with E-state index in [0.717, 1.165) is 18.4 Å². The van der Waals surface area contributed by atoms with Crippen molar-refractivity contribution >= 4 is 11.9 Å². The number of nitrogens with zero attached hydrogens (tertiary/aromatic N) is 1. The molecule has 1 saturated heterocycles. The Kier molecular flexibility index (Phi) is 6.02. The Bertz CT molecular complexity index is 540. The number of amides is 1. The molecule has 1 aliphatic heterocycles. The lowest BCUT2D eigenvalue weighted by atomic mass is 9.98. The third-order valence-electron chi connectivity index (χ3n) is 4.03. The molecule has 0 radical (unpaired) electrons. The van der Waals surface area contributed by atoms with Crippen molar-refractivity contribution in [3.63, 3.8) is 0 Å². The van der Waals surface area contributed by atoms with Crippen LogP contribution in [0.1, 0.15) is 32.3 Å². The lowest BCUT2D eigenvalue weighted by Gasteiger charge is -2.33. The number of hydrogen-bond donors (Lipinski definition) is 0. The van der Waals surface area contributed by atoms with Gasteiger partial charge in [-0.15, -0.1) is 0 Å². The second-order valence-corrected chi connectivity index (χ2v) is 5.95. The van der Waals surface area contributed by atoms with Gasteiger partial charge >= 0.3 is 5.97 Å². The summed E-state index contributed by atoms with van der Waals surface area (Å²) in [4.78, 5) is 26.1. The van der Waals surface area contributed by atoms with Crippen molar-refractivity contribution in [1.82, 2.24) is 4.90 Å². The highest BCUT2D eigenvalue weighted by molar-refractivity contribution is 5.82. The molecule has 0 spiro atoms. The average molecular weight is 319 g/mol. The highest BCUT2D eigenvalue weighted by Gasteiger charge is 2.31. The molecule has 5 heteroatoms. The molecule has 126 valence electrons. The molecule has 5 nitrogen and oxygen atoms in total. The van der Waals surface area contributed by atoms with Crippen molar-refractivity contribution in [2.45, 2.75) is 39.7 Å². The van der Waals surface area contributed by atoms with Gasteiger partial charge in [0, 0.05) is 13.1 Å². The summed E-state index contributed by atoms with van der Waals surface area (Å²) in [7, 11) is 0. The topological polar surface area (TPSA) is 55.8 Å². The van der Waals surface area contributed by atoms with Gasteiger partial charge in [-0.1, -0.05) is 17.7 Å².